The summed E-state index contributed by atoms with van der Waals surface area (Å²) < 4.78 is 9.87. The number of nitro groups is 1. The molecule has 0 spiro atoms. The van der Waals surface area contributed by atoms with Gasteiger partial charge in [0.25, 0.3) is 5.91 Å². The van der Waals surface area contributed by atoms with Crippen LogP contribution in [0.5, 0.6) is 5.75 Å². The molecule has 0 unspecified atom stereocenters. The Morgan fingerprint density at radius 3 is 2.69 bits per heavy atom. The number of nitrogens with one attached hydrogen (secondary N) is 1. The molecule has 2 rings (SSSR count). The topological polar surface area (TPSA) is 108 Å². The molecule has 1 aromatic rings. The lowest BCUT2D eigenvalue weighted by Gasteiger charge is -2.34. The van der Waals surface area contributed by atoms with E-state index in [1.54, 1.807) is 0 Å². The Labute approximate surface area is 152 Å². The van der Waals surface area contributed by atoms with Gasteiger partial charge in [-0.1, -0.05) is 26.7 Å². The molecule has 1 amide bonds. The number of nitrogens with zero attached hydrogens (tertiary/aromatic N) is 1. The van der Waals surface area contributed by atoms with Crippen LogP contribution in [0, 0.1) is 22.0 Å². The molecular formula is C18H24N2O6. The molecule has 8 heteroatoms. The molecule has 3 atom stereocenters. The Hall–Kier alpha value is -2.64. The van der Waals surface area contributed by atoms with Gasteiger partial charge < -0.3 is 14.8 Å². The number of hydrogen-bond acceptors (Lipinski definition) is 6. The van der Waals surface area contributed by atoms with Crippen molar-refractivity contribution in [2.45, 2.75) is 39.2 Å². The molecule has 1 N–H and O–H groups in total. The monoisotopic (exact) mass is 364 g/mol. The van der Waals surface area contributed by atoms with Crippen molar-refractivity contribution in [3.63, 3.8) is 0 Å². The summed E-state index contributed by atoms with van der Waals surface area (Å²) in [6.45, 7) is 3.85. The fourth-order valence-electron chi connectivity index (χ4n) is 3.21. The number of esters is 1. The quantitative estimate of drug-likeness (QED) is 0.472. The van der Waals surface area contributed by atoms with E-state index in [4.69, 9.17) is 9.47 Å². The van der Waals surface area contributed by atoms with Gasteiger partial charge in [0.05, 0.1) is 17.6 Å². The third kappa shape index (κ3) is 4.71. The van der Waals surface area contributed by atoms with Crippen molar-refractivity contribution in [1.29, 1.82) is 0 Å². The lowest BCUT2D eigenvalue weighted by molar-refractivity contribution is -0.385. The van der Waals surface area contributed by atoms with Gasteiger partial charge in [0.15, 0.2) is 12.4 Å². The van der Waals surface area contributed by atoms with Crippen LogP contribution in [0.2, 0.25) is 0 Å². The van der Waals surface area contributed by atoms with Crippen molar-refractivity contribution >= 4 is 17.6 Å². The maximum Gasteiger partial charge on any atom is 0.338 e. The summed E-state index contributed by atoms with van der Waals surface area (Å²) in [4.78, 5) is 34.5. The highest BCUT2D eigenvalue weighted by Gasteiger charge is 2.28. The van der Waals surface area contributed by atoms with Crippen molar-refractivity contribution in [2.75, 3.05) is 13.7 Å². The Balaban J connectivity index is 1.93. The zero-order valence-corrected chi connectivity index (χ0v) is 15.2. The molecule has 0 aromatic heterocycles. The first-order chi connectivity index (χ1) is 12.3. The predicted molar refractivity (Wildman–Crippen MR) is 94.0 cm³/mol. The van der Waals surface area contributed by atoms with E-state index >= 15 is 0 Å². The van der Waals surface area contributed by atoms with Crippen LogP contribution in [0.1, 0.15) is 43.5 Å². The van der Waals surface area contributed by atoms with Crippen LogP contribution < -0.4 is 10.1 Å². The molecule has 1 aliphatic rings. The average molecular weight is 364 g/mol. The Morgan fingerprint density at radius 2 is 2.04 bits per heavy atom. The van der Waals surface area contributed by atoms with Crippen molar-refractivity contribution in [3.8, 4) is 5.75 Å². The smallest absolute Gasteiger partial charge is 0.338 e. The summed E-state index contributed by atoms with van der Waals surface area (Å²) in [5, 5.41) is 13.9. The number of carbonyl (C=O) groups excluding carboxylic acids is 2. The van der Waals surface area contributed by atoms with Gasteiger partial charge in [-0.3, -0.25) is 14.9 Å². The largest absolute Gasteiger partial charge is 0.490 e. The summed E-state index contributed by atoms with van der Waals surface area (Å²) in [5.74, 6) is -0.211. The number of nitro benzene ring substituents is 1. The Morgan fingerprint density at radius 1 is 1.31 bits per heavy atom. The molecule has 0 radical (unpaired) electrons. The van der Waals surface area contributed by atoms with Gasteiger partial charge in [0.2, 0.25) is 0 Å². The zero-order valence-electron chi connectivity index (χ0n) is 15.2. The van der Waals surface area contributed by atoms with Crippen LogP contribution >= 0.6 is 0 Å². The maximum atomic E-state index is 12.1. The van der Waals surface area contributed by atoms with Crippen LogP contribution in [0.3, 0.4) is 0 Å². The van der Waals surface area contributed by atoms with Gasteiger partial charge in [-0.15, -0.1) is 0 Å². The molecule has 1 aliphatic carbocycles. The molecule has 0 heterocycles. The normalized spacial score (nSPS) is 22.3. The third-order valence-corrected chi connectivity index (χ3v) is 5.00. The predicted octanol–water partition coefficient (Wildman–Crippen LogP) is 2.70. The van der Waals surface area contributed by atoms with Crippen LogP contribution in [0.4, 0.5) is 5.69 Å². The van der Waals surface area contributed by atoms with E-state index in [0.29, 0.717) is 11.8 Å². The van der Waals surface area contributed by atoms with Crippen molar-refractivity contribution in [1.82, 2.24) is 5.32 Å². The van der Waals surface area contributed by atoms with E-state index in [0.717, 1.165) is 25.3 Å². The Kier molecular flexibility index (Phi) is 6.54. The molecule has 0 bridgehead atoms. The standard InChI is InChI=1S/C18H24N2O6/c1-11-5-4-6-14(12(11)2)19-17(21)10-26-18(22)13-7-8-16(25-3)15(9-13)20(23)24/h7-9,11-12,14H,4-6,10H2,1-3H3,(H,19,21)/t11-,12+,14+/m0/s1. The van der Waals surface area contributed by atoms with Crippen molar-refractivity contribution in [3.05, 3.63) is 33.9 Å². The number of rotatable bonds is 6. The minimum absolute atomic E-state index is 0.00930. The van der Waals surface area contributed by atoms with Crippen molar-refractivity contribution < 1.29 is 24.0 Å². The molecule has 8 nitrogen and oxygen atoms in total. The first-order valence-corrected chi connectivity index (χ1v) is 8.62. The second-order valence-electron chi connectivity index (χ2n) is 6.66. The molecule has 26 heavy (non-hydrogen) atoms. The van der Waals surface area contributed by atoms with Gasteiger partial charge in [-0.25, -0.2) is 4.79 Å². The lowest BCUT2D eigenvalue weighted by Crippen LogP contribution is -2.45. The molecule has 0 saturated heterocycles. The SMILES string of the molecule is COc1ccc(C(=O)OCC(=O)N[C@@H]2CCC[C@H](C)[C@H]2C)cc1[N+](=O)[O-]. The number of ether oxygens (including phenoxy) is 2. The van der Waals surface area contributed by atoms with E-state index in [1.807, 2.05) is 0 Å². The second kappa shape index (κ2) is 8.64. The van der Waals surface area contributed by atoms with Gasteiger partial charge in [-0.05, 0) is 30.4 Å². The van der Waals surface area contributed by atoms with Gasteiger partial charge >= 0.3 is 11.7 Å². The van der Waals surface area contributed by atoms with Gasteiger partial charge in [-0.2, -0.15) is 0 Å². The van der Waals surface area contributed by atoms with E-state index in [1.165, 1.54) is 19.2 Å². The zero-order chi connectivity index (χ0) is 19.3. The minimum atomic E-state index is -0.795. The lowest BCUT2D eigenvalue weighted by atomic mass is 9.78. The number of benzene rings is 1. The summed E-state index contributed by atoms with van der Waals surface area (Å²) >= 11 is 0. The van der Waals surface area contributed by atoms with Crippen LogP contribution in [0.15, 0.2) is 18.2 Å². The van der Waals surface area contributed by atoms with Crippen LogP contribution in [0.25, 0.3) is 0 Å². The highest BCUT2D eigenvalue weighted by molar-refractivity contribution is 5.92. The average Bonchev–Trinajstić information content (AvgIpc) is 2.62. The highest BCUT2D eigenvalue weighted by Crippen LogP contribution is 2.29. The third-order valence-electron chi connectivity index (χ3n) is 5.00. The van der Waals surface area contributed by atoms with Crippen molar-refractivity contribution in [2.24, 2.45) is 11.8 Å². The number of methoxy groups -OCH3 is 1. The summed E-state index contributed by atoms with van der Waals surface area (Å²) in [7, 11) is 1.30. The number of hydrogen-bond donors (Lipinski definition) is 1. The summed E-state index contributed by atoms with van der Waals surface area (Å²) in [6, 6.07) is 3.83. The molecule has 1 fully saturated rings. The second-order valence-corrected chi connectivity index (χ2v) is 6.66. The highest BCUT2D eigenvalue weighted by atomic mass is 16.6. The molecular weight excluding hydrogens is 340 g/mol. The number of carbonyl (C=O) groups is 2. The number of amides is 1. The van der Waals surface area contributed by atoms with E-state index in [9.17, 15) is 19.7 Å². The van der Waals surface area contributed by atoms with Gasteiger partial charge in [0, 0.05) is 12.1 Å². The van der Waals surface area contributed by atoms with E-state index < -0.39 is 17.5 Å². The summed E-state index contributed by atoms with van der Waals surface area (Å²) in [5.41, 5.74) is -0.346. The molecule has 142 valence electrons. The molecule has 1 aromatic carbocycles. The fraction of sp³-hybridized carbons (Fsp3) is 0.556. The summed E-state index contributed by atoms with van der Waals surface area (Å²) in [6.07, 6.45) is 3.13. The first-order valence-electron chi connectivity index (χ1n) is 8.62. The fourth-order valence-corrected chi connectivity index (χ4v) is 3.21. The van der Waals surface area contributed by atoms with Crippen LogP contribution in [-0.2, 0) is 9.53 Å². The maximum absolute atomic E-state index is 12.1. The van der Waals surface area contributed by atoms with Gasteiger partial charge in [0.1, 0.15) is 0 Å². The van der Waals surface area contributed by atoms with E-state index in [2.05, 4.69) is 19.2 Å². The van der Waals surface area contributed by atoms with E-state index in [-0.39, 0.29) is 28.9 Å². The Bertz CT molecular complexity index is 690. The molecule has 0 aliphatic heterocycles. The van der Waals surface area contributed by atoms with Crippen LogP contribution in [-0.4, -0.2) is 36.6 Å². The first kappa shape index (κ1) is 19.7. The minimum Gasteiger partial charge on any atom is -0.490 e. The molecule has 1 saturated carbocycles.